The number of nitrogens with zero attached hydrogens (tertiary/aromatic N) is 1. The summed E-state index contributed by atoms with van der Waals surface area (Å²) in [4.78, 5) is 13.1. The average Bonchev–Trinajstić information content (AvgIpc) is 2.35. The van der Waals surface area contributed by atoms with Crippen molar-refractivity contribution in [3.63, 3.8) is 0 Å². The van der Waals surface area contributed by atoms with E-state index in [-0.39, 0.29) is 5.91 Å². The lowest BCUT2D eigenvalue weighted by Crippen LogP contribution is -2.28. The van der Waals surface area contributed by atoms with Crippen LogP contribution in [0.1, 0.15) is 20.3 Å². The highest BCUT2D eigenvalue weighted by Crippen LogP contribution is 2.06. The van der Waals surface area contributed by atoms with Gasteiger partial charge in [-0.05, 0) is 5.92 Å². The lowest BCUT2D eigenvalue weighted by Gasteiger charge is -2.14. The third-order valence-electron chi connectivity index (χ3n) is 1.69. The van der Waals surface area contributed by atoms with Crippen LogP contribution in [0.3, 0.4) is 0 Å². The van der Waals surface area contributed by atoms with E-state index >= 15 is 0 Å². The van der Waals surface area contributed by atoms with Gasteiger partial charge < -0.3 is 9.64 Å². The number of hydrogen-bond donors (Lipinski definition) is 0. The van der Waals surface area contributed by atoms with Gasteiger partial charge in [0.25, 0.3) is 0 Å². The molecule has 0 aromatic heterocycles. The SMILES string of the molecule is CC(C)CC(=O)N1CCOC1. The van der Waals surface area contributed by atoms with E-state index in [0.717, 1.165) is 6.54 Å². The Morgan fingerprint density at radius 3 is 2.82 bits per heavy atom. The number of carbonyl (C=O) groups excluding carboxylic acids is 1. The summed E-state index contributed by atoms with van der Waals surface area (Å²) in [6, 6.07) is 0. The highest BCUT2D eigenvalue weighted by molar-refractivity contribution is 5.76. The van der Waals surface area contributed by atoms with Crippen molar-refractivity contribution >= 4 is 5.91 Å². The summed E-state index contributed by atoms with van der Waals surface area (Å²) in [6.45, 7) is 6.06. The van der Waals surface area contributed by atoms with Crippen molar-refractivity contribution < 1.29 is 9.53 Å². The summed E-state index contributed by atoms with van der Waals surface area (Å²) in [7, 11) is 0. The molecular weight excluding hydrogens is 142 g/mol. The monoisotopic (exact) mass is 157 g/mol. The minimum Gasteiger partial charge on any atom is -0.359 e. The Labute approximate surface area is 67.3 Å². The predicted octanol–water partition coefficient (Wildman–Crippen LogP) is 0.849. The van der Waals surface area contributed by atoms with E-state index in [1.54, 1.807) is 4.90 Å². The molecule has 0 atom stereocenters. The smallest absolute Gasteiger partial charge is 0.224 e. The molecule has 1 fully saturated rings. The topological polar surface area (TPSA) is 29.5 Å². The quantitative estimate of drug-likeness (QED) is 0.594. The molecule has 0 N–H and O–H groups in total. The molecule has 1 amide bonds. The highest BCUT2D eigenvalue weighted by Gasteiger charge is 2.18. The van der Waals surface area contributed by atoms with Crippen LogP contribution >= 0.6 is 0 Å². The lowest BCUT2D eigenvalue weighted by molar-refractivity contribution is -0.132. The van der Waals surface area contributed by atoms with Gasteiger partial charge in [0.2, 0.25) is 5.91 Å². The van der Waals surface area contributed by atoms with Gasteiger partial charge in [-0.3, -0.25) is 4.79 Å². The van der Waals surface area contributed by atoms with Gasteiger partial charge in [0.05, 0.1) is 6.61 Å². The van der Waals surface area contributed by atoms with Gasteiger partial charge in [0.15, 0.2) is 0 Å². The molecule has 1 aliphatic rings. The molecule has 0 saturated carbocycles. The Morgan fingerprint density at radius 1 is 1.64 bits per heavy atom. The van der Waals surface area contributed by atoms with Crippen LogP contribution in [0.15, 0.2) is 0 Å². The van der Waals surface area contributed by atoms with Gasteiger partial charge in [0, 0.05) is 13.0 Å². The molecule has 0 bridgehead atoms. The Kier molecular flexibility index (Phi) is 2.88. The molecule has 0 aromatic rings. The van der Waals surface area contributed by atoms with Crippen molar-refractivity contribution in [1.82, 2.24) is 4.90 Å². The highest BCUT2D eigenvalue weighted by atomic mass is 16.5. The zero-order chi connectivity index (χ0) is 8.27. The maximum atomic E-state index is 11.3. The van der Waals surface area contributed by atoms with Crippen LogP contribution in [0.25, 0.3) is 0 Å². The molecule has 1 heterocycles. The molecule has 0 aliphatic carbocycles. The molecule has 0 radical (unpaired) electrons. The fourth-order valence-corrected chi connectivity index (χ4v) is 1.09. The van der Waals surface area contributed by atoms with Gasteiger partial charge in [-0.2, -0.15) is 0 Å². The molecule has 1 aliphatic heterocycles. The molecule has 3 heteroatoms. The second kappa shape index (κ2) is 3.72. The van der Waals surface area contributed by atoms with Crippen LogP contribution in [-0.4, -0.2) is 30.7 Å². The molecule has 0 unspecified atom stereocenters. The number of rotatable bonds is 2. The first kappa shape index (κ1) is 8.53. The lowest BCUT2D eigenvalue weighted by atomic mass is 10.1. The number of hydrogen-bond acceptors (Lipinski definition) is 2. The van der Waals surface area contributed by atoms with Crippen LogP contribution < -0.4 is 0 Å². The standard InChI is InChI=1S/C8H15NO2/c1-7(2)5-8(10)9-3-4-11-6-9/h7H,3-6H2,1-2H3. The first-order chi connectivity index (χ1) is 5.20. The van der Waals surface area contributed by atoms with Crippen molar-refractivity contribution in [1.29, 1.82) is 0 Å². The number of ether oxygens (including phenoxy) is 1. The summed E-state index contributed by atoms with van der Waals surface area (Å²) in [5, 5.41) is 0. The molecule has 11 heavy (non-hydrogen) atoms. The maximum Gasteiger partial charge on any atom is 0.224 e. The Bertz CT molecular complexity index is 139. The second-order valence-corrected chi connectivity index (χ2v) is 3.29. The van der Waals surface area contributed by atoms with Crippen molar-refractivity contribution in [2.75, 3.05) is 19.9 Å². The second-order valence-electron chi connectivity index (χ2n) is 3.29. The number of carbonyl (C=O) groups is 1. The van der Waals surface area contributed by atoms with E-state index < -0.39 is 0 Å². The van der Waals surface area contributed by atoms with E-state index in [9.17, 15) is 4.79 Å². The largest absolute Gasteiger partial charge is 0.359 e. The number of amides is 1. The third-order valence-corrected chi connectivity index (χ3v) is 1.69. The molecule has 0 spiro atoms. The van der Waals surface area contributed by atoms with Crippen molar-refractivity contribution in [2.24, 2.45) is 5.92 Å². The Hall–Kier alpha value is -0.570. The summed E-state index contributed by atoms with van der Waals surface area (Å²) in [6.07, 6.45) is 0.642. The Balaban J connectivity index is 2.28. The first-order valence-corrected chi connectivity index (χ1v) is 4.05. The van der Waals surface area contributed by atoms with Crippen LogP contribution in [0.4, 0.5) is 0 Å². The van der Waals surface area contributed by atoms with E-state index in [1.807, 2.05) is 0 Å². The zero-order valence-electron chi connectivity index (χ0n) is 7.17. The average molecular weight is 157 g/mol. The van der Waals surface area contributed by atoms with E-state index in [1.165, 1.54) is 0 Å². The van der Waals surface area contributed by atoms with E-state index in [4.69, 9.17) is 4.74 Å². The Morgan fingerprint density at radius 2 is 2.36 bits per heavy atom. The van der Waals surface area contributed by atoms with Crippen LogP contribution in [-0.2, 0) is 9.53 Å². The maximum absolute atomic E-state index is 11.3. The minimum atomic E-state index is 0.220. The summed E-state index contributed by atoms with van der Waals surface area (Å²) < 4.78 is 5.06. The predicted molar refractivity (Wildman–Crippen MR) is 42.0 cm³/mol. The van der Waals surface area contributed by atoms with Crippen molar-refractivity contribution in [3.05, 3.63) is 0 Å². The van der Waals surface area contributed by atoms with Crippen LogP contribution in [0.2, 0.25) is 0 Å². The molecule has 1 rings (SSSR count). The first-order valence-electron chi connectivity index (χ1n) is 4.05. The fourth-order valence-electron chi connectivity index (χ4n) is 1.09. The van der Waals surface area contributed by atoms with Gasteiger partial charge in [-0.1, -0.05) is 13.8 Å². The minimum absolute atomic E-state index is 0.220. The van der Waals surface area contributed by atoms with Gasteiger partial charge in [-0.25, -0.2) is 0 Å². The molecule has 3 nitrogen and oxygen atoms in total. The van der Waals surface area contributed by atoms with Crippen LogP contribution in [0.5, 0.6) is 0 Å². The summed E-state index contributed by atoms with van der Waals surface area (Å²) in [5.74, 6) is 0.667. The van der Waals surface area contributed by atoms with Crippen molar-refractivity contribution in [2.45, 2.75) is 20.3 Å². The zero-order valence-corrected chi connectivity index (χ0v) is 7.17. The normalized spacial score (nSPS) is 17.9. The van der Waals surface area contributed by atoms with Gasteiger partial charge in [-0.15, -0.1) is 0 Å². The molecule has 1 saturated heterocycles. The van der Waals surface area contributed by atoms with Gasteiger partial charge >= 0.3 is 0 Å². The molecule has 0 aromatic carbocycles. The third kappa shape index (κ3) is 2.50. The summed E-state index contributed by atoms with van der Waals surface area (Å²) in [5.41, 5.74) is 0. The van der Waals surface area contributed by atoms with Gasteiger partial charge in [0.1, 0.15) is 6.73 Å². The summed E-state index contributed by atoms with van der Waals surface area (Å²) >= 11 is 0. The van der Waals surface area contributed by atoms with E-state index in [2.05, 4.69) is 13.8 Å². The fraction of sp³-hybridized carbons (Fsp3) is 0.875. The van der Waals surface area contributed by atoms with Crippen molar-refractivity contribution in [3.8, 4) is 0 Å². The van der Waals surface area contributed by atoms with Crippen LogP contribution in [0, 0.1) is 5.92 Å². The van der Waals surface area contributed by atoms with E-state index in [0.29, 0.717) is 25.7 Å². The molecule has 64 valence electrons. The molecular formula is C8H15NO2.